The van der Waals surface area contributed by atoms with E-state index in [1.807, 2.05) is 42.6 Å². The molecule has 0 aliphatic heterocycles. The molecule has 6 nitrogen and oxygen atoms in total. The van der Waals surface area contributed by atoms with E-state index in [9.17, 15) is 10.1 Å². The smallest absolute Gasteiger partial charge is 0.226 e. The minimum absolute atomic E-state index is 0.112. The Balaban J connectivity index is 1.54. The zero-order chi connectivity index (χ0) is 22.2. The van der Waals surface area contributed by atoms with Gasteiger partial charge in [0.1, 0.15) is 16.8 Å². The molecule has 2 heterocycles. The van der Waals surface area contributed by atoms with E-state index >= 15 is 0 Å². The molecule has 0 aliphatic carbocycles. The minimum Gasteiger partial charge on any atom is -0.494 e. The van der Waals surface area contributed by atoms with Gasteiger partial charge in [-0.25, -0.2) is 9.97 Å². The number of thiazole rings is 1. The Morgan fingerprint density at radius 1 is 1.23 bits per heavy atom. The molecule has 0 saturated heterocycles. The van der Waals surface area contributed by atoms with Crippen molar-refractivity contribution in [2.45, 2.75) is 38.1 Å². The highest BCUT2D eigenvalue weighted by atomic mass is 32.2. The lowest BCUT2D eigenvalue weighted by Gasteiger charge is -2.08. The first-order valence-electron chi connectivity index (χ1n) is 10.0. The van der Waals surface area contributed by atoms with Crippen LogP contribution in [0.25, 0.3) is 11.3 Å². The molecule has 31 heavy (non-hydrogen) atoms. The summed E-state index contributed by atoms with van der Waals surface area (Å²) in [5.74, 6) is 1.52. The molecule has 8 heteroatoms. The maximum atomic E-state index is 12.3. The summed E-state index contributed by atoms with van der Waals surface area (Å²) in [5.41, 5.74) is 3.26. The van der Waals surface area contributed by atoms with E-state index in [0.717, 1.165) is 22.7 Å². The predicted molar refractivity (Wildman–Crippen MR) is 126 cm³/mol. The van der Waals surface area contributed by atoms with Gasteiger partial charge in [-0.3, -0.25) is 4.79 Å². The Morgan fingerprint density at radius 2 is 2.00 bits per heavy atom. The largest absolute Gasteiger partial charge is 0.494 e. The Kier molecular flexibility index (Phi) is 8.04. The van der Waals surface area contributed by atoms with Gasteiger partial charge in [-0.1, -0.05) is 13.8 Å². The number of nitriles is 1. The van der Waals surface area contributed by atoms with Crippen molar-refractivity contribution in [3.8, 4) is 23.1 Å². The van der Waals surface area contributed by atoms with Gasteiger partial charge < -0.3 is 10.1 Å². The van der Waals surface area contributed by atoms with Crippen molar-refractivity contribution in [2.75, 3.05) is 17.7 Å². The van der Waals surface area contributed by atoms with Gasteiger partial charge in [0.25, 0.3) is 0 Å². The number of rotatable bonds is 9. The molecule has 0 spiro atoms. The van der Waals surface area contributed by atoms with Crippen molar-refractivity contribution in [1.29, 1.82) is 5.26 Å². The van der Waals surface area contributed by atoms with E-state index < -0.39 is 0 Å². The normalized spacial score (nSPS) is 10.7. The van der Waals surface area contributed by atoms with E-state index in [4.69, 9.17) is 4.74 Å². The second-order valence-corrected chi connectivity index (χ2v) is 8.94. The van der Waals surface area contributed by atoms with Crippen LogP contribution in [-0.2, 0) is 4.79 Å². The summed E-state index contributed by atoms with van der Waals surface area (Å²) in [6.07, 6.45) is 0.307. The molecule has 0 saturated carbocycles. The number of pyridine rings is 1. The highest BCUT2D eigenvalue weighted by molar-refractivity contribution is 7.99. The summed E-state index contributed by atoms with van der Waals surface area (Å²) in [6.45, 7) is 6.70. The van der Waals surface area contributed by atoms with Gasteiger partial charge in [0.05, 0.1) is 17.9 Å². The summed E-state index contributed by atoms with van der Waals surface area (Å²) < 4.78 is 5.46. The van der Waals surface area contributed by atoms with E-state index in [0.29, 0.717) is 34.5 Å². The molecule has 1 N–H and O–H groups in total. The lowest BCUT2D eigenvalue weighted by Crippen LogP contribution is -2.12. The number of amides is 1. The SMILES string of the molecule is CCOc1ccc(-c2csc(NC(=O)CCSc3nc(C(C)C)ccc3C#N)n2)cc1. The highest BCUT2D eigenvalue weighted by Gasteiger charge is 2.12. The van der Waals surface area contributed by atoms with Gasteiger partial charge in [-0.05, 0) is 49.2 Å². The van der Waals surface area contributed by atoms with Crippen LogP contribution in [-0.4, -0.2) is 28.2 Å². The molecule has 2 aromatic heterocycles. The fourth-order valence-corrected chi connectivity index (χ4v) is 4.40. The van der Waals surface area contributed by atoms with Crippen molar-refractivity contribution in [2.24, 2.45) is 0 Å². The molecule has 3 aromatic rings. The second kappa shape index (κ2) is 10.9. The van der Waals surface area contributed by atoms with Crippen molar-refractivity contribution in [3.63, 3.8) is 0 Å². The van der Waals surface area contributed by atoms with Gasteiger partial charge in [0, 0.05) is 28.8 Å². The zero-order valence-electron chi connectivity index (χ0n) is 17.7. The standard InChI is InChI=1S/C23H24N4O2S2/c1-4-29-18-8-5-16(6-9-18)20-14-31-23(26-20)27-21(28)11-12-30-22-17(13-24)7-10-19(25-22)15(2)3/h5-10,14-15H,4,11-12H2,1-3H3,(H,26,27,28). The van der Waals surface area contributed by atoms with E-state index in [2.05, 4.69) is 35.2 Å². The zero-order valence-corrected chi connectivity index (χ0v) is 19.3. The molecular weight excluding hydrogens is 428 g/mol. The molecular formula is C23H24N4O2S2. The van der Waals surface area contributed by atoms with E-state index in [-0.39, 0.29) is 11.8 Å². The molecule has 0 bridgehead atoms. The number of anilines is 1. The van der Waals surface area contributed by atoms with Crippen LogP contribution in [0.2, 0.25) is 0 Å². The number of ether oxygens (including phenoxy) is 1. The first-order chi connectivity index (χ1) is 15.0. The molecule has 0 fully saturated rings. The van der Waals surface area contributed by atoms with E-state index in [1.165, 1.54) is 23.1 Å². The van der Waals surface area contributed by atoms with Gasteiger partial charge in [0.2, 0.25) is 5.91 Å². The van der Waals surface area contributed by atoms with Gasteiger partial charge in [0.15, 0.2) is 5.13 Å². The Hall–Kier alpha value is -2.89. The monoisotopic (exact) mass is 452 g/mol. The number of nitrogens with zero attached hydrogens (tertiary/aromatic N) is 3. The predicted octanol–water partition coefficient (Wildman–Crippen LogP) is 5.72. The Labute approximate surface area is 190 Å². The van der Waals surface area contributed by atoms with Crippen LogP contribution < -0.4 is 10.1 Å². The van der Waals surface area contributed by atoms with Gasteiger partial charge >= 0.3 is 0 Å². The van der Waals surface area contributed by atoms with Crippen LogP contribution in [0.5, 0.6) is 5.75 Å². The number of hydrogen-bond acceptors (Lipinski definition) is 7. The summed E-state index contributed by atoms with van der Waals surface area (Å²) in [4.78, 5) is 21.4. The van der Waals surface area contributed by atoms with Crippen molar-refractivity contribution >= 4 is 34.1 Å². The van der Waals surface area contributed by atoms with E-state index in [1.54, 1.807) is 6.07 Å². The van der Waals surface area contributed by atoms with Crippen LogP contribution in [0, 0.1) is 11.3 Å². The maximum absolute atomic E-state index is 12.3. The summed E-state index contributed by atoms with van der Waals surface area (Å²) in [5, 5.41) is 15.3. The number of carbonyl (C=O) groups excluding carboxylic acids is 1. The Bertz CT molecular complexity index is 1070. The molecule has 3 rings (SSSR count). The summed E-state index contributed by atoms with van der Waals surface area (Å²) >= 11 is 2.82. The van der Waals surface area contributed by atoms with Crippen molar-refractivity contribution < 1.29 is 9.53 Å². The first kappa shape index (κ1) is 22.8. The third-order valence-electron chi connectivity index (χ3n) is 4.37. The minimum atomic E-state index is -0.112. The van der Waals surface area contributed by atoms with Gasteiger partial charge in [-0.15, -0.1) is 23.1 Å². The summed E-state index contributed by atoms with van der Waals surface area (Å²) in [6, 6.07) is 13.6. The molecule has 0 aliphatic rings. The lowest BCUT2D eigenvalue weighted by molar-refractivity contribution is -0.115. The molecule has 0 unspecified atom stereocenters. The van der Waals surface area contributed by atoms with Crippen LogP contribution in [0.15, 0.2) is 46.8 Å². The molecule has 1 amide bonds. The second-order valence-electron chi connectivity index (χ2n) is 7.00. The summed E-state index contributed by atoms with van der Waals surface area (Å²) in [7, 11) is 0. The van der Waals surface area contributed by atoms with Crippen LogP contribution in [0.4, 0.5) is 5.13 Å². The number of hydrogen-bond donors (Lipinski definition) is 1. The average molecular weight is 453 g/mol. The van der Waals surface area contributed by atoms with Crippen LogP contribution in [0.3, 0.4) is 0 Å². The number of benzene rings is 1. The third-order valence-corrected chi connectivity index (χ3v) is 6.12. The fraction of sp³-hybridized carbons (Fsp3) is 0.304. The van der Waals surface area contributed by atoms with Crippen LogP contribution >= 0.6 is 23.1 Å². The average Bonchev–Trinajstić information content (AvgIpc) is 3.22. The fourth-order valence-electron chi connectivity index (χ4n) is 2.75. The first-order valence-corrected chi connectivity index (χ1v) is 11.9. The topological polar surface area (TPSA) is 87.9 Å². The lowest BCUT2D eigenvalue weighted by atomic mass is 10.1. The number of carbonyl (C=O) groups is 1. The third kappa shape index (κ3) is 6.29. The molecule has 0 atom stereocenters. The maximum Gasteiger partial charge on any atom is 0.226 e. The quantitative estimate of drug-likeness (QED) is 0.418. The number of nitrogens with one attached hydrogen (secondary N) is 1. The number of aromatic nitrogens is 2. The number of thioether (sulfide) groups is 1. The highest BCUT2D eigenvalue weighted by Crippen LogP contribution is 2.27. The van der Waals surface area contributed by atoms with Gasteiger partial charge in [-0.2, -0.15) is 5.26 Å². The molecule has 0 radical (unpaired) electrons. The van der Waals surface area contributed by atoms with Crippen molar-refractivity contribution in [3.05, 3.63) is 53.0 Å². The Morgan fingerprint density at radius 3 is 2.68 bits per heavy atom. The van der Waals surface area contributed by atoms with Crippen molar-refractivity contribution in [1.82, 2.24) is 9.97 Å². The molecule has 160 valence electrons. The molecule has 1 aromatic carbocycles. The van der Waals surface area contributed by atoms with Crippen LogP contribution in [0.1, 0.15) is 44.4 Å².